The van der Waals surface area contributed by atoms with E-state index in [4.69, 9.17) is 10.5 Å². The third kappa shape index (κ3) is 0.512. The Hall–Kier alpha value is -1.28. The summed E-state index contributed by atoms with van der Waals surface area (Å²) in [5, 5.41) is 17.2. The maximum Gasteiger partial charge on any atom is 0.186 e. The molecule has 2 heteroatoms. The predicted molar refractivity (Wildman–Crippen MR) is 36.7 cm³/mol. The van der Waals surface area contributed by atoms with Crippen molar-refractivity contribution >= 4 is 0 Å². The van der Waals surface area contributed by atoms with Crippen LogP contribution in [0.25, 0.3) is 0 Å². The lowest BCUT2D eigenvalue weighted by molar-refractivity contribution is 0.876. The van der Waals surface area contributed by atoms with E-state index in [1.54, 1.807) is 0 Å². The molecule has 0 bridgehead atoms. The minimum Gasteiger partial charge on any atom is -0.196 e. The molecule has 0 fully saturated rings. The van der Waals surface area contributed by atoms with Gasteiger partial charge in [-0.1, -0.05) is 6.92 Å². The fourth-order valence-electron chi connectivity index (χ4n) is 1.33. The van der Waals surface area contributed by atoms with E-state index < -0.39 is 5.41 Å². The molecular formula is C8H8N2. The normalized spacial score (nSPS) is 19.6. The van der Waals surface area contributed by atoms with Crippen LogP contribution in [0.1, 0.15) is 20.3 Å². The zero-order valence-electron chi connectivity index (χ0n) is 6.10. The standard InChI is InChI=1S/C8H8N2/c1-3-7-6(2)8(7,4-9)5-10/h3H2,1-2H3. The lowest BCUT2D eigenvalue weighted by Crippen LogP contribution is -1.98. The molecule has 0 spiro atoms. The van der Waals surface area contributed by atoms with Gasteiger partial charge in [0.15, 0.2) is 5.41 Å². The number of rotatable bonds is 1. The highest BCUT2D eigenvalue weighted by atomic mass is 14.5. The van der Waals surface area contributed by atoms with Crippen molar-refractivity contribution in [2.24, 2.45) is 5.41 Å². The van der Waals surface area contributed by atoms with E-state index in [0.717, 1.165) is 17.6 Å². The molecule has 50 valence electrons. The molecule has 10 heavy (non-hydrogen) atoms. The first-order valence-corrected chi connectivity index (χ1v) is 3.26. The Morgan fingerprint density at radius 2 is 1.90 bits per heavy atom. The van der Waals surface area contributed by atoms with Crippen molar-refractivity contribution in [3.63, 3.8) is 0 Å². The van der Waals surface area contributed by atoms with E-state index in [0.29, 0.717) is 0 Å². The molecule has 0 aromatic carbocycles. The van der Waals surface area contributed by atoms with E-state index in [-0.39, 0.29) is 0 Å². The molecule has 2 nitrogen and oxygen atoms in total. The molecule has 0 unspecified atom stereocenters. The minimum absolute atomic E-state index is 0.797. The predicted octanol–water partition coefficient (Wildman–Crippen LogP) is 1.76. The van der Waals surface area contributed by atoms with Gasteiger partial charge in [0.1, 0.15) is 0 Å². The van der Waals surface area contributed by atoms with Gasteiger partial charge >= 0.3 is 0 Å². The molecular weight excluding hydrogens is 124 g/mol. The van der Waals surface area contributed by atoms with Gasteiger partial charge in [-0.15, -0.1) is 0 Å². The number of hydrogen-bond donors (Lipinski definition) is 0. The number of nitriles is 2. The van der Waals surface area contributed by atoms with Gasteiger partial charge in [-0.3, -0.25) is 0 Å². The second-order valence-corrected chi connectivity index (χ2v) is 2.43. The molecule has 1 aliphatic carbocycles. The van der Waals surface area contributed by atoms with Gasteiger partial charge in [0.2, 0.25) is 0 Å². The Morgan fingerprint density at radius 1 is 1.40 bits per heavy atom. The molecule has 0 radical (unpaired) electrons. The lowest BCUT2D eigenvalue weighted by Gasteiger charge is -1.93. The maximum absolute atomic E-state index is 8.61. The van der Waals surface area contributed by atoms with Gasteiger partial charge in [-0.05, 0) is 24.5 Å². The summed E-state index contributed by atoms with van der Waals surface area (Å²) in [6.07, 6.45) is 0.826. The fraction of sp³-hybridized carbons (Fsp3) is 0.500. The van der Waals surface area contributed by atoms with Crippen LogP contribution in [0.15, 0.2) is 11.1 Å². The molecule has 1 aliphatic rings. The number of hydrogen-bond acceptors (Lipinski definition) is 2. The summed E-state index contributed by atoms with van der Waals surface area (Å²) in [5.41, 5.74) is 1.17. The number of allylic oxidation sites excluding steroid dienone is 2. The maximum atomic E-state index is 8.61. The van der Waals surface area contributed by atoms with Crippen LogP contribution in [-0.2, 0) is 0 Å². The summed E-state index contributed by atoms with van der Waals surface area (Å²) < 4.78 is 0. The molecule has 0 aromatic rings. The summed E-state index contributed by atoms with van der Waals surface area (Å²) in [7, 11) is 0. The quantitative estimate of drug-likeness (QED) is 0.510. The van der Waals surface area contributed by atoms with Gasteiger partial charge in [0.25, 0.3) is 0 Å². The Kier molecular flexibility index (Phi) is 1.27. The van der Waals surface area contributed by atoms with Gasteiger partial charge in [0.05, 0.1) is 12.1 Å². The van der Waals surface area contributed by atoms with Crippen molar-refractivity contribution in [2.45, 2.75) is 20.3 Å². The molecule has 0 aliphatic heterocycles. The van der Waals surface area contributed by atoms with Crippen LogP contribution in [0.3, 0.4) is 0 Å². The first-order chi connectivity index (χ1) is 4.72. The Balaban J connectivity index is 2.88. The van der Waals surface area contributed by atoms with Gasteiger partial charge < -0.3 is 0 Å². The Labute approximate surface area is 60.4 Å². The summed E-state index contributed by atoms with van der Waals surface area (Å²) >= 11 is 0. The highest BCUT2D eigenvalue weighted by Gasteiger charge is 2.50. The Morgan fingerprint density at radius 3 is 2.00 bits per heavy atom. The van der Waals surface area contributed by atoms with Gasteiger partial charge in [0, 0.05) is 0 Å². The molecule has 0 aromatic heterocycles. The van der Waals surface area contributed by atoms with Crippen LogP contribution in [0.2, 0.25) is 0 Å². The third-order valence-electron chi connectivity index (χ3n) is 2.09. The van der Waals surface area contributed by atoms with E-state index in [1.165, 1.54) is 0 Å². The van der Waals surface area contributed by atoms with Crippen molar-refractivity contribution < 1.29 is 0 Å². The summed E-state index contributed by atoms with van der Waals surface area (Å²) in [6.45, 7) is 3.82. The van der Waals surface area contributed by atoms with E-state index in [2.05, 4.69) is 0 Å². The highest BCUT2D eigenvalue weighted by Crippen LogP contribution is 2.52. The molecule has 0 heterocycles. The summed E-state index contributed by atoms with van der Waals surface area (Å²) in [4.78, 5) is 0. The topological polar surface area (TPSA) is 47.6 Å². The van der Waals surface area contributed by atoms with Crippen LogP contribution < -0.4 is 0 Å². The van der Waals surface area contributed by atoms with Crippen molar-refractivity contribution in [2.75, 3.05) is 0 Å². The van der Waals surface area contributed by atoms with E-state index in [9.17, 15) is 0 Å². The van der Waals surface area contributed by atoms with E-state index >= 15 is 0 Å². The average molecular weight is 132 g/mol. The Bertz CT molecular complexity index is 259. The van der Waals surface area contributed by atoms with Crippen LogP contribution in [0.4, 0.5) is 0 Å². The lowest BCUT2D eigenvalue weighted by atomic mass is 10.0. The zero-order valence-corrected chi connectivity index (χ0v) is 6.10. The monoisotopic (exact) mass is 132 g/mol. The van der Waals surface area contributed by atoms with Gasteiger partial charge in [-0.25, -0.2) is 0 Å². The second-order valence-electron chi connectivity index (χ2n) is 2.43. The molecule has 1 rings (SSSR count). The van der Waals surface area contributed by atoms with Crippen molar-refractivity contribution in [1.29, 1.82) is 10.5 Å². The number of nitrogens with zero attached hydrogens (tertiary/aromatic N) is 2. The molecule has 0 atom stereocenters. The smallest absolute Gasteiger partial charge is 0.186 e. The highest BCUT2D eigenvalue weighted by molar-refractivity contribution is 5.60. The van der Waals surface area contributed by atoms with Crippen LogP contribution in [-0.4, -0.2) is 0 Å². The van der Waals surface area contributed by atoms with E-state index in [1.807, 2.05) is 26.0 Å². The first kappa shape index (κ1) is 6.83. The van der Waals surface area contributed by atoms with Crippen molar-refractivity contribution in [3.05, 3.63) is 11.1 Å². The molecule has 0 saturated heterocycles. The minimum atomic E-state index is -0.797. The zero-order chi connectivity index (χ0) is 7.78. The summed E-state index contributed by atoms with van der Waals surface area (Å²) in [6, 6.07) is 4.04. The third-order valence-corrected chi connectivity index (χ3v) is 2.09. The van der Waals surface area contributed by atoms with Crippen molar-refractivity contribution in [3.8, 4) is 12.1 Å². The van der Waals surface area contributed by atoms with Crippen LogP contribution in [0, 0.1) is 28.1 Å². The SMILES string of the molecule is CCC1=C(C)C1(C#N)C#N. The first-order valence-electron chi connectivity index (χ1n) is 3.26. The summed E-state index contributed by atoms with van der Waals surface area (Å²) in [5.74, 6) is 0. The largest absolute Gasteiger partial charge is 0.196 e. The van der Waals surface area contributed by atoms with Crippen molar-refractivity contribution in [1.82, 2.24) is 0 Å². The molecule has 0 N–H and O–H groups in total. The second kappa shape index (κ2) is 1.85. The van der Waals surface area contributed by atoms with Crippen LogP contribution in [0.5, 0.6) is 0 Å². The molecule has 0 amide bonds. The van der Waals surface area contributed by atoms with Crippen LogP contribution >= 0.6 is 0 Å². The molecule has 0 saturated carbocycles. The fourth-order valence-corrected chi connectivity index (χ4v) is 1.33. The van der Waals surface area contributed by atoms with Gasteiger partial charge in [-0.2, -0.15) is 10.5 Å². The average Bonchev–Trinajstić information content (AvgIpc) is 2.56.